The van der Waals surface area contributed by atoms with E-state index < -0.39 is 0 Å². The van der Waals surface area contributed by atoms with Gasteiger partial charge in [0.2, 0.25) is 5.91 Å². The maximum atomic E-state index is 12.1. The Labute approximate surface area is 143 Å². The fourth-order valence-electron chi connectivity index (χ4n) is 3.01. The molecule has 5 nitrogen and oxygen atoms in total. The van der Waals surface area contributed by atoms with Crippen LogP contribution >= 0.6 is 0 Å². The fourth-order valence-corrected chi connectivity index (χ4v) is 3.01. The first-order valence-electron chi connectivity index (χ1n) is 8.58. The number of anilines is 1. The van der Waals surface area contributed by atoms with Gasteiger partial charge in [0, 0.05) is 23.7 Å². The molecule has 0 bridgehead atoms. The summed E-state index contributed by atoms with van der Waals surface area (Å²) in [6, 6.07) is 7.93. The lowest BCUT2D eigenvalue weighted by molar-refractivity contribution is -0.123. The molecule has 24 heavy (non-hydrogen) atoms. The average Bonchev–Trinajstić information content (AvgIpc) is 2.56. The maximum absolute atomic E-state index is 12.1. The van der Waals surface area contributed by atoms with E-state index in [0.717, 1.165) is 55.7 Å². The summed E-state index contributed by atoms with van der Waals surface area (Å²) >= 11 is 0. The van der Waals surface area contributed by atoms with Crippen molar-refractivity contribution in [3.63, 3.8) is 0 Å². The number of piperidine rings is 1. The molecule has 1 aromatic rings. The van der Waals surface area contributed by atoms with Crippen LogP contribution in [0.25, 0.3) is 0 Å². The number of rotatable bonds is 6. The summed E-state index contributed by atoms with van der Waals surface area (Å²) in [5.74, 6) is -0.230. The molecule has 1 aliphatic heterocycles. The molecule has 1 heterocycles. The number of nitrogens with one attached hydrogen (secondary N) is 1. The molecule has 1 saturated heterocycles. The van der Waals surface area contributed by atoms with Gasteiger partial charge in [-0.25, -0.2) is 0 Å². The highest BCUT2D eigenvalue weighted by atomic mass is 16.2. The van der Waals surface area contributed by atoms with Crippen molar-refractivity contribution < 1.29 is 9.59 Å². The number of carbonyl (C=O) groups excluding carboxylic acids is 2. The maximum Gasteiger partial charge on any atom is 0.250 e. The first-order valence-corrected chi connectivity index (χ1v) is 8.58. The monoisotopic (exact) mass is 329 g/mol. The Morgan fingerprint density at radius 3 is 2.67 bits per heavy atom. The van der Waals surface area contributed by atoms with Gasteiger partial charge in [-0.2, -0.15) is 0 Å². The second kappa shape index (κ2) is 8.64. The van der Waals surface area contributed by atoms with E-state index in [4.69, 9.17) is 5.73 Å². The number of nitrogens with zero attached hydrogens (tertiary/aromatic N) is 1. The van der Waals surface area contributed by atoms with Gasteiger partial charge in [0.1, 0.15) is 0 Å². The first-order chi connectivity index (χ1) is 11.5. The number of benzene rings is 1. The van der Waals surface area contributed by atoms with Crippen molar-refractivity contribution in [1.29, 1.82) is 0 Å². The SMILES string of the molecule is CCC=C(C)C(=O)Nc1cccc(CN2CCC(C(N)=O)CC2)c1. The molecule has 0 spiro atoms. The summed E-state index contributed by atoms with van der Waals surface area (Å²) in [4.78, 5) is 25.6. The van der Waals surface area contributed by atoms with Crippen molar-refractivity contribution in [3.8, 4) is 0 Å². The van der Waals surface area contributed by atoms with E-state index >= 15 is 0 Å². The number of hydrogen-bond donors (Lipinski definition) is 2. The minimum Gasteiger partial charge on any atom is -0.369 e. The summed E-state index contributed by atoms with van der Waals surface area (Å²) in [6.45, 7) is 6.41. The molecule has 0 atom stereocenters. The average molecular weight is 329 g/mol. The number of carbonyl (C=O) groups is 2. The molecule has 5 heteroatoms. The zero-order chi connectivity index (χ0) is 17.5. The Hall–Kier alpha value is -2.14. The lowest BCUT2D eigenvalue weighted by Gasteiger charge is -2.30. The minimum absolute atomic E-state index is 0.0141. The van der Waals surface area contributed by atoms with E-state index in [-0.39, 0.29) is 17.7 Å². The van der Waals surface area contributed by atoms with Gasteiger partial charge in [0.05, 0.1) is 0 Å². The van der Waals surface area contributed by atoms with Gasteiger partial charge in [0.15, 0.2) is 0 Å². The molecular formula is C19H27N3O2. The summed E-state index contributed by atoms with van der Waals surface area (Å²) in [6.07, 6.45) is 4.42. The Kier molecular flexibility index (Phi) is 6.55. The van der Waals surface area contributed by atoms with Gasteiger partial charge >= 0.3 is 0 Å². The first kappa shape index (κ1) is 18.2. The number of allylic oxidation sites excluding steroid dienone is 1. The third-order valence-corrected chi connectivity index (χ3v) is 4.45. The van der Waals surface area contributed by atoms with E-state index in [1.807, 2.05) is 38.1 Å². The summed E-state index contributed by atoms with van der Waals surface area (Å²) < 4.78 is 0. The highest BCUT2D eigenvalue weighted by Crippen LogP contribution is 2.20. The molecule has 0 aromatic heterocycles. The summed E-state index contributed by atoms with van der Waals surface area (Å²) in [5, 5.41) is 2.94. The Morgan fingerprint density at radius 2 is 2.04 bits per heavy atom. The van der Waals surface area contributed by atoms with Crippen molar-refractivity contribution in [3.05, 3.63) is 41.5 Å². The van der Waals surface area contributed by atoms with Crippen molar-refractivity contribution in [1.82, 2.24) is 4.90 Å². The van der Waals surface area contributed by atoms with Crippen molar-refractivity contribution in [2.24, 2.45) is 11.7 Å². The molecule has 1 aromatic carbocycles. The number of hydrogen-bond acceptors (Lipinski definition) is 3. The Balaban J connectivity index is 1.92. The molecule has 0 radical (unpaired) electrons. The zero-order valence-corrected chi connectivity index (χ0v) is 14.5. The smallest absolute Gasteiger partial charge is 0.250 e. The second-order valence-electron chi connectivity index (χ2n) is 6.40. The van der Waals surface area contributed by atoms with Crippen LogP contribution in [0.4, 0.5) is 5.69 Å². The summed E-state index contributed by atoms with van der Waals surface area (Å²) in [7, 11) is 0. The van der Waals surface area contributed by atoms with Gasteiger partial charge in [-0.15, -0.1) is 0 Å². The van der Waals surface area contributed by atoms with Gasteiger partial charge in [-0.3, -0.25) is 14.5 Å². The third-order valence-electron chi connectivity index (χ3n) is 4.45. The van der Waals surface area contributed by atoms with Gasteiger partial charge in [-0.1, -0.05) is 25.1 Å². The highest BCUT2D eigenvalue weighted by Gasteiger charge is 2.22. The second-order valence-corrected chi connectivity index (χ2v) is 6.40. The predicted octanol–water partition coefficient (Wildman–Crippen LogP) is 2.68. The molecule has 130 valence electrons. The molecule has 2 amide bonds. The molecular weight excluding hydrogens is 302 g/mol. The molecule has 3 N–H and O–H groups in total. The third kappa shape index (κ3) is 5.20. The topological polar surface area (TPSA) is 75.4 Å². The number of nitrogens with two attached hydrogens (primary N) is 1. The van der Waals surface area contributed by atoms with Gasteiger partial charge in [-0.05, 0) is 57.0 Å². The fraction of sp³-hybridized carbons (Fsp3) is 0.474. The summed E-state index contributed by atoms with van der Waals surface area (Å²) in [5.41, 5.74) is 8.08. The Bertz CT molecular complexity index is 617. The number of amides is 2. The van der Waals surface area contributed by atoms with E-state index in [9.17, 15) is 9.59 Å². The van der Waals surface area contributed by atoms with Crippen molar-refractivity contribution in [2.75, 3.05) is 18.4 Å². The zero-order valence-electron chi connectivity index (χ0n) is 14.5. The predicted molar refractivity (Wildman–Crippen MR) is 96.3 cm³/mol. The van der Waals surface area contributed by atoms with Crippen molar-refractivity contribution >= 4 is 17.5 Å². The molecule has 0 saturated carbocycles. The van der Waals surface area contributed by atoms with E-state index in [2.05, 4.69) is 16.3 Å². The standard InChI is InChI=1S/C19H27N3O2/c1-3-5-14(2)19(24)21-17-7-4-6-15(12-17)13-22-10-8-16(9-11-22)18(20)23/h4-7,12,16H,3,8-11,13H2,1-2H3,(H2,20,23)(H,21,24). The van der Waals surface area contributed by atoms with Crippen LogP contribution in [0.2, 0.25) is 0 Å². The van der Waals surface area contributed by atoms with Crippen LogP contribution in [0.15, 0.2) is 35.9 Å². The van der Waals surface area contributed by atoms with Crippen LogP contribution in [0, 0.1) is 5.92 Å². The highest BCUT2D eigenvalue weighted by molar-refractivity contribution is 6.03. The number of primary amides is 1. The van der Waals surface area contributed by atoms with Crippen LogP contribution in [0.3, 0.4) is 0 Å². The normalized spacial score (nSPS) is 16.8. The van der Waals surface area contributed by atoms with Crippen LogP contribution in [-0.4, -0.2) is 29.8 Å². The molecule has 1 aliphatic rings. The lowest BCUT2D eigenvalue weighted by atomic mass is 9.96. The van der Waals surface area contributed by atoms with Crippen LogP contribution < -0.4 is 11.1 Å². The quantitative estimate of drug-likeness (QED) is 0.788. The van der Waals surface area contributed by atoms with E-state index in [0.29, 0.717) is 0 Å². The van der Waals surface area contributed by atoms with E-state index in [1.54, 1.807) is 0 Å². The van der Waals surface area contributed by atoms with E-state index in [1.165, 1.54) is 0 Å². The minimum atomic E-state index is -0.185. The van der Waals surface area contributed by atoms with Crippen LogP contribution in [0.1, 0.15) is 38.7 Å². The molecule has 0 unspecified atom stereocenters. The Morgan fingerprint density at radius 1 is 1.33 bits per heavy atom. The van der Waals surface area contributed by atoms with Crippen molar-refractivity contribution in [2.45, 2.75) is 39.7 Å². The number of likely N-dealkylation sites (tertiary alicyclic amines) is 1. The van der Waals surface area contributed by atoms with Gasteiger partial charge < -0.3 is 11.1 Å². The van der Waals surface area contributed by atoms with Crippen LogP contribution in [0.5, 0.6) is 0 Å². The molecule has 2 rings (SSSR count). The van der Waals surface area contributed by atoms with Crippen LogP contribution in [-0.2, 0) is 16.1 Å². The largest absolute Gasteiger partial charge is 0.369 e. The lowest BCUT2D eigenvalue weighted by Crippen LogP contribution is -2.38. The van der Waals surface area contributed by atoms with Gasteiger partial charge in [0.25, 0.3) is 5.91 Å². The molecule has 1 fully saturated rings. The molecule has 0 aliphatic carbocycles.